The molecule has 1 aromatic heterocycles. The van der Waals surface area contributed by atoms with Crippen molar-refractivity contribution >= 4 is 23.3 Å². The van der Waals surface area contributed by atoms with E-state index in [1.807, 2.05) is 13.8 Å². The maximum absolute atomic E-state index is 13.3. The lowest BCUT2D eigenvalue weighted by Crippen LogP contribution is -2.62. The van der Waals surface area contributed by atoms with Crippen LogP contribution in [0.4, 0.5) is 15.9 Å². The zero-order valence-electron chi connectivity index (χ0n) is 14.1. The number of nitrogens with one attached hydrogen (secondary N) is 1. The van der Waals surface area contributed by atoms with Crippen LogP contribution in [0.5, 0.6) is 5.75 Å². The molecule has 1 aromatic carbocycles. The van der Waals surface area contributed by atoms with Gasteiger partial charge in [0.1, 0.15) is 5.82 Å². The van der Waals surface area contributed by atoms with E-state index in [0.29, 0.717) is 11.6 Å². The first kappa shape index (κ1) is 16.9. The van der Waals surface area contributed by atoms with Gasteiger partial charge >= 0.3 is 0 Å². The topological polar surface area (TPSA) is 71.5 Å². The number of carbonyl (C=O) groups excluding carboxylic acids is 2. The van der Waals surface area contributed by atoms with Gasteiger partial charge in [-0.15, -0.1) is 0 Å². The molecule has 1 aliphatic rings. The number of carbonyl (C=O) groups is 2. The number of anilines is 2. The molecule has 1 N–H and O–H groups in total. The Morgan fingerprint density at radius 2 is 2.08 bits per heavy atom. The van der Waals surface area contributed by atoms with Crippen LogP contribution in [0.1, 0.15) is 20.8 Å². The lowest BCUT2D eigenvalue weighted by molar-refractivity contribution is -0.145. The van der Waals surface area contributed by atoms with E-state index in [2.05, 4.69) is 10.3 Å². The smallest absolute Gasteiger partial charge is 0.282 e. The van der Waals surface area contributed by atoms with Crippen molar-refractivity contribution in [3.8, 4) is 5.75 Å². The number of pyridine rings is 1. The Hall–Kier alpha value is -2.96. The molecule has 3 rings (SSSR count). The zero-order valence-corrected chi connectivity index (χ0v) is 14.1. The highest BCUT2D eigenvalue weighted by molar-refractivity contribution is 6.19. The van der Waals surface area contributed by atoms with Crippen molar-refractivity contribution in [3.63, 3.8) is 0 Å². The van der Waals surface area contributed by atoms with E-state index in [-0.39, 0.29) is 11.7 Å². The predicted octanol–water partition coefficient (Wildman–Crippen LogP) is 2.75. The van der Waals surface area contributed by atoms with Gasteiger partial charge in [-0.2, -0.15) is 0 Å². The van der Waals surface area contributed by atoms with E-state index in [4.69, 9.17) is 4.74 Å². The van der Waals surface area contributed by atoms with E-state index in [1.54, 1.807) is 18.3 Å². The monoisotopic (exact) mass is 343 g/mol. The van der Waals surface area contributed by atoms with E-state index >= 15 is 0 Å². The van der Waals surface area contributed by atoms with Crippen molar-refractivity contribution in [1.82, 2.24) is 4.98 Å². The van der Waals surface area contributed by atoms with Crippen LogP contribution in [0.15, 0.2) is 42.6 Å². The second-order valence-electron chi connectivity index (χ2n) is 6.19. The number of ether oxygens (including phenoxy) is 1. The molecule has 2 amide bonds. The molecule has 0 bridgehead atoms. The molecular weight excluding hydrogens is 325 g/mol. The SMILES string of the molecule is CC(C)N1C(=O)C(C)(C(=O)Nc2cccc(F)c2)Oc2cccnc21. The normalized spacial score (nSPS) is 19.4. The summed E-state index contributed by atoms with van der Waals surface area (Å²) in [5.74, 6) is -0.978. The van der Waals surface area contributed by atoms with Gasteiger partial charge in [-0.05, 0) is 51.1 Å². The van der Waals surface area contributed by atoms with Gasteiger partial charge < -0.3 is 10.1 Å². The predicted molar refractivity (Wildman–Crippen MR) is 90.9 cm³/mol. The summed E-state index contributed by atoms with van der Waals surface area (Å²) in [6.45, 7) is 5.05. The third-order valence-electron chi connectivity index (χ3n) is 3.95. The van der Waals surface area contributed by atoms with E-state index < -0.39 is 23.2 Å². The fourth-order valence-electron chi connectivity index (χ4n) is 2.67. The average molecular weight is 343 g/mol. The van der Waals surface area contributed by atoms with Crippen molar-refractivity contribution in [2.75, 3.05) is 10.2 Å². The first-order valence-electron chi connectivity index (χ1n) is 7.87. The third kappa shape index (κ3) is 2.93. The summed E-state index contributed by atoms with van der Waals surface area (Å²) in [5.41, 5.74) is -1.54. The Labute approximate surface area is 144 Å². The van der Waals surface area contributed by atoms with Crippen molar-refractivity contribution in [3.05, 3.63) is 48.4 Å². The van der Waals surface area contributed by atoms with Crippen LogP contribution in [0.2, 0.25) is 0 Å². The molecule has 25 heavy (non-hydrogen) atoms. The fraction of sp³-hybridized carbons (Fsp3) is 0.278. The molecule has 0 radical (unpaired) electrons. The highest BCUT2D eigenvalue weighted by atomic mass is 19.1. The minimum atomic E-state index is -1.79. The summed E-state index contributed by atoms with van der Waals surface area (Å²) in [6.07, 6.45) is 1.56. The average Bonchev–Trinajstić information content (AvgIpc) is 2.55. The number of nitrogens with zero attached hydrogens (tertiary/aromatic N) is 2. The molecule has 1 unspecified atom stereocenters. The second-order valence-corrected chi connectivity index (χ2v) is 6.19. The number of rotatable bonds is 3. The molecule has 130 valence electrons. The van der Waals surface area contributed by atoms with Crippen molar-refractivity contribution in [2.24, 2.45) is 0 Å². The van der Waals surface area contributed by atoms with Crippen LogP contribution in [0.25, 0.3) is 0 Å². The van der Waals surface area contributed by atoms with Crippen LogP contribution >= 0.6 is 0 Å². The Morgan fingerprint density at radius 1 is 1.32 bits per heavy atom. The van der Waals surface area contributed by atoms with Crippen LogP contribution in [0, 0.1) is 5.82 Å². The Kier molecular flexibility index (Phi) is 4.16. The Bertz CT molecular complexity index is 840. The summed E-state index contributed by atoms with van der Waals surface area (Å²) < 4.78 is 19.0. The van der Waals surface area contributed by atoms with Crippen molar-refractivity contribution < 1.29 is 18.7 Å². The second kappa shape index (κ2) is 6.16. The van der Waals surface area contributed by atoms with Gasteiger partial charge in [-0.1, -0.05) is 6.07 Å². The quantitative estimate of drug-likeness (QED) is 0.870. The highest BCUT2D eigenvalue weighted by Gasteiger charge is 2.51. The number of hydrogen-bond acceptors (Lipinski definition) is 4. The molecule has 2 heterocycles. The maximum atomic E-state index is 13.3. The number of aromatic nitrogens is 1. The first-order valence-corrected chi connectivity index (χ1v) is 7.87. The Balaban J connectivity index is 1.97. The van der Waals surface area contributed by atoms with E-state index in [9.17, 15) is 14.0 Å². The van der Waals surface area contributed by atoms with Gasteiger partial charge in [0.25, 0.3) is 17.4 Å². The number of benzene rings is 1. The summed E-state index contributed by atoms with van der Waals surface area (Å²) in [4.78, 5) is 31.4. The summed E-state index contributed by atoms with van der Waals surface area (Å²) in [7, 11) is 0. The summed E-state index contributed by atoms with van der Waals surface area (Å²) in [6, 6.07) is 8.54. The molecule has 0 spiro atoms. The summed E-state index contributed by atoms with van der Waals surface area (Å²) >= 11 is 0. The molecule has 7 heteroatoms. The minimum Gasteiger partial charge on any atom is -0.464 e. The molecule has 2 aromatic rings. The van der Waals surface area contributed by atoms with Crippen molar-refractivity contribution in [2.45, 2.75) is 32.4 Å². The van der Waals surface area contributed by atoms with Crippen molar-refractivity contribution in [1.29, 1.82) is 0 Å². The Morgan fingerprint density at radius 3 is 2.76 bits per heavy atom. The molecule has 0 aliphatic carbocycles. The zero-order chi connectivity index (χ0) is 18.2. The van der Waals surface area contributed by atoms with Crippen LogP contribution < -0.4 is 15.0 Å². The van der Waals surface area contributed by atoms with Gasteiger partial charge in [0.05, 0.1) is 0 Å². The number of fused-ring (bicyclic) bond motifs is 1. The largest absolute Gasteiger partial charge is 0.464 e. The lowest BCUT2D eigenvalue weighted by atomic mass is 9.99. The molecular formula is C18H18FN3O3. The molecule has 1 aliphatic heterocycles. The van der Waals surface area contributed by atoms with Gasteiger partial charge in [0, 0.05) is 17.9 Å². The standard InChI is InChI=1S/C18H18FN3O3/c1-11(2)22-15-14(8-5-9-20-15)25-18(3,17(22)24)16(23)21-13-7-4-6-12(19)10-13/h4-11H,1-3H3,(H,21,23). The highest BCUT2D eigenvalue weighted by Crippen LogP contribution is 2.37. The maximum Gasteiger partial charge on any atom is 0.282 e. The van der Waals surface area contributed by atoms with Gasteiger partial charge in [0.15, 0.2) is 11.6 Å². The van der Waals surface area contributed by atoms with Crippen LogP contribution in [-0.2, 0) is 9.59 Å². The van der Waals surface area contributed by atoms with Gasteiger partial charge in [-0.3, -0.25) is 14.5 Å². The summed E-state index contributed by atoms with van der Waals surface area (Å²) in [5, 5.41) is 2.54. The number of amides is 2. The molecule has 1 atom stereocenters. The minimum absolute atomic E-state index is 0.216. The van der Waals surface area contributed by atoms with Gasteiger partial charge in [-0.25, -0.2) is 9.37 Å². The van der Waals surface area contributed by atoms with E-state index in [0.717, 1.165) is 0 Å². The molecule has 6 nitrogen and oxygen atoms in total. The third-order valence-corrected chi connectivity index (χ3v) is 3.95. The van der Waals surface area contributed by atoms with Crippen LogP contribution in [0.3, 0.4) is 0 Å². The lowest BCUT2D eigenvalue weighted by Gasteiger charge is -2.40. The molecule has 0 fully saturated rings. The van der Waals surface area contributed by atoms with Gasteiger partial charge in [0.2, 0.25) is 0 Å². The van der Waals surface area contributed by atoms with Crippen LogP contribution in [-0.4, -0.2) is 28.4 Å². The fourth-order valence-corrected chi connectivity index (χ4v) is 2.67. The first-order chi connectivity index (χ1) is 11.8. The number of halogens is 1. The van der Waals surface area contributed by atoms with E-state index in [1.165, 1.54) is 36.1 Å². The molecule has 0 saturated heterocycles. The number of hydrogen-bond donors (Lipinski definition) is 1. The molecule has 0 saturated carbocycles.